The van der Waals surface area contributed by atoms with Crippen molar-refractivity contribution >= 4 is 61.3 Å². The molecule has 2 nitrogen and oxygen atoms in total. The zero-order valence-corrected chi connectivity index (χ0v) is 31.9. The Kier molecular flexibility index (Phi) is 8.35. The Balaban J connectivity index is 0.887. The fourth-order valence-electron chi connectivity index (χ4n) is 9.69. The van der Waals surface area contributed by atoms with Gasteiger partial charge in [-0.25, -0.2) is 0 Å². The van der Waals surface area contributed by atoms with Crippen LogP contribution < -0.4 is 10.6 Å². The Hall–Kier alpha value is -6.64. The molecule has 0 spiro atoms. The number of para-hydroxylation sites is 4. The van der Waals surface area contributed by atoms with Crippen LogP contribution >= 0.6 is 0 Å². The maximum Gasteiger partial charge on any atom is 0.138 e. The largest absolute Gasteiger partial charge is 0.456 e. The summed E-state index contributed by atoms with van der Waals surface area (Å²) >= 11 is 0. The fraction of sp³-hybridized carbons (Fsp3) is 0.127. The summed E-state index contributed by atoms with van der Waals surface area (Å²) in [5, 5.41) is 8.92. The van der Waals surface area contributed by atoms with Crippen LogP contribution in [0.2, 0.25) is 0 Å². The quantitative estimate of drug-likeness (QED) is 0.152. The Morgan fingerprint density at radius 2 is 1.40 bits per heavy atom. The molecule has 2 heterocycles. The average Bonchev–Trinajstić information content (AvgIpc) is 3.83. The number of allylic oxidation sites excluding steroid dienone is 4. The molecule has 3 unspecified atom stereocenters. The van der Waals surface area contributed by atoms with Gasteiger partial charge >= 0.3 is 0 Å². The lowest BCUT2D eigenvalue weighted by molar-refractivity contribution is 0.475. The van der Waals surface area contributed by atoms with Crippen LogP contribution in [0.25, 0.3) is 67.0 Å². The number of furan rings is 1. The van der Waals surface area contributed by atoms with E-state index in [4.69, 9.17) is 4.42 Å². The van der Waals surface area contributed by atoms with Gasteiger partial charge in [-0.05, 0) is 106 Å². The van der Waals surface area contributed by atoms with E-state index in [0.717, 1.165) is 36.8 Å². The van der Waals surface area contributed by atoms with Crippen molar-refractivity contribution in [1.82, 2.24) is 4.57 Å². The maximum atomic E-state index is 6.65. The molecule has 0 amide bonds. The zero-order chi connectivity index (χ0) is 37.7. The molecule has 2 aliphatic rings. The second kappa shape index (κ2) is 14.1. The number of benzene rings is 7. The van der Waals surface area contributed by atoms with E-state index in [-0.39, 0.29) is 0 Å². The minimum atomic E-state index is 0.307. The van der Waals surface area contributed by atoms with Gasteiger partial charge in [-0.3, -0.25) is 0 Å². The minimum absolute atomic E-state index is 0.307. The molecule has 9 aromatic rings. The van der Waals surface area contributed by atoms with Gasteiger partial charge in [0.1, 0.15) is 11.2 Å². The van der Waals surface area contributed by atoms with Gasteiger partial charge in [0.2, 0.25) is 0 Å². The molecule has 0 N–H and O–H groups in total. The third kappa shape index (κ3) is 6.04. The molecule has 0 saturated carbocycles. The number of nitrogens with zero attached hydrogens (tertiary/aromatic N) is 1. The third-order valence-electron chi connectivity index (χ3n) is 12.6. The topological polar surface area (TPSA) is 18.1 Å². The Morgan fingerprint density at radius 1 is 0.632 bits per heavy atom. The van der Waals surface area contributed by atoms with Crippen molar-refractivity contribution in [3.8, 4) is 5.69 Å². The van der Waals surface area contributed by atoms with E-state index in [1.54, 1.807) is 0 Å². The smallest absolute Gasteiger partial charge is 0.138 e. The number of aryl methyl sites for hydroxylation is 1. The summed E-state index contributed by atoms with van der Waals surface area (Å²) in [5.41, 5.74) is 11.1. The molecule has 3 atom stereocenters. The van der Waals surface area contributed by atoms with E-state index in [1.165, 1.54) is 76.5 Å². The van der Waals surface area contributed by atoms with E-state index in [0.29, 0.717) is 17.8 Å². The Morgan fingerprint density at radius 3 is 2.26 bits per heavy atom. The van der Waals surface area contributed by atoms with Gasteiger partial charge in [-0.1, -0.05) is 164 Å². The molecular formula is C55H43NO. The third-order valence-corrected chi connectivity index (χ3v) is 12.6. The van der Waals surface area contributed by atoms with Crippen molar-refractivity contribution < 1.29 is 4.42 Å². The monoisotopic (exact) mass is 733 g/mol. The van der Waals surface area contributed by atoms with E-state index >= 15 is 0 Å². The molecule has 2 aromatic heterocycles. The lowest BCUT2D eigenvalue weighted by Gasteiger charge is -2.27. The van der Waals surface area contributed by atoms with E-state index < -0.39 is 0 Å². The van der Waals surface area contributed by atoms with Crippen LogP contribution in [0.5, 0.6) is 0 Å². The molecule has 0 fully saturated rings. The van der Waals surface area contributed by atoms with Crippen LogP contribution in [0.1, 0.15) is 53.4 Å². The molecule has 274 valence electrons. The number of rotatable bonds is 8. The first-order chi connectivity index (χ1) is 28.2. The second-order valence-electron chi connectivity index (χ2n) is 15.9. The average molecular weight is 734 g/mol. The van der Waals surface area contributed by atoms with Gasteiger partial charge in [0.25, 0.3) is 0 Å². The Labute approximate surface area is 333 Å². The lowest BCUT2D eigenvalue weighted by Crippen LogP contribution is -2.31. The highest BCUT2D eigenvalue weighted by atomic mass is 16.3. The summed E-state index contributed by atoms with van der Waals surface area (Å²) in [7, 11) is 0. The Bertz CT molecular complexity index is 3140. The predicted molar refractivity (Wildman–Crippen MR) is 239 cm³/mol. The van der Waals surface area contributed by atoms with Crippen LogP contribution in [0.4, 0.5) is 0 Å². The minimum Gasteiger partial charge on any atom is -0.456 e. The van der Waals surface area contributed by atoms with Crippen molar-refractivity contribution in [3.05, 3.63) is 215 Å². The molecule has 0 radical (unpaired) electrons. The molecular weight excluding hydrogens is 691 g/mol. The highest BCUT2D eigenvalue weighted by molar-refractivity contribution is 6.06. The van der Waals surface area contributed by atoms with Crippen LogP contribution in [-0.4, -0.2) is 4.57 Å². The first-order valence-electron chi connectivity index (χ1n) is 20.5. The molecule has 11 rings (SSSR count). The number of hydrogen-bond acceptors (Lipinski definition) is 1. The molecule has 2 aliphatic carbocycles. The SMILES string of the molecule is C1=CC(C(CCc2ccc(C3C=c4c(n(-c5ccccc5)c5ccccc45)=CC3)cc2)c2cccc3c2oc2ccccc23)CC=C1c1ccc2ccccc2c1. The zero-order valence-electron chi connectivity index (χ0n) is 31.9. The van der Waals surface area contributed by atoms with E-state index in [1.807, 2.05) is 0 Å². The normalized spacial score (nSPS) is 17.0. The maximum absolute atomic E-state index is 6.65. The van der Waals surface area contributed by atoms with Crippen molar-refractivity contribution in [2.45, 2.75) is 37.5 Å². The summed E-state index contributed by atoms with van der Waals surface area (Å²) in [6.07, 6.45) is 16.3. The van der Waals surface area contributed by atoms with Crippen LogP contribution in [0.15, 0.2) is 186 Å². The van der Waals surface area contributed by atoms with E-state index in [9.17, 15) is 0 Å². The summed E-state index contributed by atoms with van der Waals surface area (Å²) in [4.78, 5) is 0. The highest BCUT2D eigenvalue weighted by Crippen LogP contribution is 2.42. The molecule has 0 bridgehead atoms. The first-order valence-corrected chi connectivity index (χ1v) is 20.5. The standard InChI is InChI=1S/C55H43NO/c1-2-13-45(14-3-1)56-52-19-8-6-15-47(52)51-36-44(32-34-53(51)56)39-24-21-37(22-25-39)23-33-46(49-17-10-18-50-48-16-7-9-20-54(48)57-55(49)50)41-29-26-40(27-30-41)43-31-28-38-11-4-5-12-42(38)35-43/h1-22,24-29,31,34-36,41,44,46H,23,30,32-33H2. The van der Waals surface area contributed by atoms with Crippen molar-refractivity contribution in [2.24, 2.45) is 5.92 Å². The van der Waals surface area contributed by atoms with Crippen LogP contribution in [0, 0.1) is 5.92 Å². The van der Waals surface area contributed by atoms with Crippen molar-refractivity contribution in [3.63, 3.8) is 0 Å². The van der Waals surface area contributed by atoms with Crippen molar-refractivity contribution in [2.75, 3.05) is 0 Å². The van der Waals surface area contributed by atoms with Crippen LogP contribution in [0.3, 0.4) is 0 Å². The summed E-state index contributed by atoms with van der Waals surface area (Å²) in [6, 6.07) is 59.8. The summed E-state index contributed by atoms with van der Waals surface area (Å²) in [6.45, 7) is 0. The molecule has 7 aromatic carbocycles. The fourth-order valence-corrected chi connectivity index (χ4v) is 9.69. The first kappa shape index (κ1) is 33.7. The van der Waals surface area contributed by atoms with Gasteiger partial charge in [-0.2, -0.15) is 0 Å². The van der Waals surface area contributed by atoms with Crippen LogP contribution in [-0.2, 0) is 6.42 Å². The van der Waals surface area contributed by atoms with Gasteiger partial charge in [0.05, 0.1) is 5.52 Å². The molecule has 0 saturated heterocycles. The summed E-state index contributed by atoms with van der Waals surface area (Å²) in [5.74, 6) is 1.02. The molecule has 2 heteroatoms. The lowest BCUT2D eigenvalue weighted by atomic mass is 9.77. The molecule has 57 heavy (non-hydrogen) atoms. The summed E-state index contributed by atoms with van der Waals surface area (Å²) < 4.78 is 9.07. The number of fused-ring (bicyclic) bond motifs is 7. The van der Waals surface area contributed by atoms with E-state index in [2.05, 4.69) is 199 Å². The van der Waals surface area contributed by atoms with Gasteiger partial charge in [0.15, 0.2) is 0 Å². The van der Waals surface area contributed by atoms with Gasteiger partial charge < -0.3 is 8.98 Å². The predicted octanol–water partition coefficient (Wildman–Crippen LogP) is 12.8. The van der Waals surface area contributed by atoms with Gasteiger partial charge in [0, 0.05) is 38.3 Å². The highest BCUT2D eigenvalue weighted by Gasteiger charge is 2.26. The second-order valence-corrected chi connectivity index (χ2v) is 15.9. The van der Waals surface area contributed by atoms with Crippen molar-refractivity contribution in [1.29, 1.82) is 0 Å². The molecule has 0 aliphatic heterocycles. The number of hydrogen-bond donors (Lipinski definition) is 0. The van der Waals surface area contributed by atoms with Gasteiger partial charge in [-0.15, -0.1) is 0 Å². The number of aromatic nitrogens is 1.